The van der Waals surface area contributed by atoms with E-state index >= 15 is 0 Å². The van der Waals surface area contributed by atoms with E-state index in [1.165, 1.54) is 11.1 Å². The number of nitrogens with two attached hydrogens (primary N) is 4. The minimum Gasteiger partial charge on any atom is -0.343 e. The van der Waals surface area contributed by atoms with Crippen molar-refractivity contribution in [3.8, 4) is 0 Å². The van der Waals surface area contributed by atoms with Crippen molar-refractivity contribution >= 4 is 33.5 Å². The topological polar surface area (TPSA) is 113 Å². The van der Waals surface area contributed by atoms with Crippen LogP contribution in [-0.4, -0.2) is 20.8 Å². The zero-order chi connectivity index (χ0) is 22.2. The van der Waals surface area contributed by atoms with Gasteiger partial charge in [-0.05, 0) is 59.7 Å². The fourth-order valence-corrected chi connectivity index (χ4v) is 4.18. The fourth-order valence-electron chi connectivity index (χ4n) is 4.18. The summed E-state index contributed by atoms with van der Waals surface area (Å²) in [4.78, 5) is 0. The number of rotatable bonds is 6. The van der Waals surface area contributed by atoms with E-state index in [-0.39, 0.29) is 0 Å². The quantitative estimate of drug-likeness (QED) is 0.237. The molecule has 0 atom stereocenters. The first-order valence-corrected chi connectivity index (χ1v) is 10.5. The Morgan fingerprint density at radius 1 is 0.594 bits per heavy atom. The molecule has 0 unspecified atom stereocenters. The Kier molecular flexibility index (Phi) is 4.75. The van der Waals surface area contributed by atoms with Crippen molar-refractivity contribution in [3.05, 3.63) is 107 Å². The van der Waals surface area contributed by atoms with Crippen LogP contribution in [0.15, 0.2) is 85.2 Å². The molecule has 0 bridgehead atoms. The van der Waals surface area contributed by atoms with Gasteiger partial charge >= 0.3 is 0 Å². The Balaban J connectivity index is 1.34. The van der Waals surface area contributed by atoms with E-state index < -0.39 is 0 Å². The van der Waals surface area contributed by atoms with Gasteiger partial charge in [0.25, 0.3) is 11.7 Å². The molecule has 6 nitrogen and oxygen atoms in total. The standard InChI is InChI=1S/C26H24N6/c27-25(28)21-5-7-23-19(13-21)9-11-31(23)15-17-1-2-18(4-3-17)16-32-12-10-20-14-22(26(29)30)6-8-24(20)32/h1-14H,15-16H2,(H3,27,28)(H3,29,30)/p+2. The van der Waals surface area contributed by atoms with Crippen LogP contribution < -0.4 is 22.3 Å². The van der Waals surface area contributed by atoms with Crippen LogP contribution in [0, 0.1) is 0 Å². The molecule has 0 aliphatic carbocycles. The van der Waals surface area contributed by atoms with E-state index in [1.807, 2.05) is 24.3 Å². The molecular formula is C26H26N6+2. The van der Waals surface area contributed by atoms with Crippen molar-refractivity contribution in [2.24, 2.45) is 11.5 Å². The van der Waals surface area contributed by atoms with E-state index in [4.69, 9.17) is 22.3 Å². The van der Waals surface area contributed by atoms with E-state index in [0.29, 0.717) is 11.7 Å². The predicted octanol–water partition coefficient (Wildman–Crippen LogP) is 0.621. The number of nitrogens with zero attached hydrogens (tertiary/aromatic N) is 2. The van der Waals surface area contributed by atoms with Gasteiger partial charge in [0.2, 0.25) is 0 Å². The molecule has 158 valence electrons. The molecule has 0 saturated carbocycles. The summed E-state index contributed by atoms with van der Waals surface area (Å²) in [7, 11) is 0. The summed E-state index contributed by atoms with van der Waals surface area (Å²) in [6.07, 6.45) is 4.20. The normalized spacial score (nSPS) is 11.2. The average Bonchev–Trinajstić information content (AvgIpc) is 3.38. The molecule has 0 spiro atoms. The van der Waals surface area contributed by atoms with E-state index in [9.17, 15) is 0 Å². The number of hydrogen-bond donors (Lipinski definition) is 4. The Labute approximate surface area is 185 Å². The SMILES string of the molecule is NC(=[NH2+])c1ccc2c(ccn2Cc2ccc(Cn3ccc4cc(C(N)=[NH2+])ccc43)cc2)c1. The number of benzene rings is 3. The van der Waals surface area contributed by atoms with Crippen molar-refractivity contribution in [3.63, 3.8) is 0 Å². The Bertz CT molecular complexity index is 1360. The van der Waals surface area contributed by atoms with Crippen LogP contribution >= 0.6 is 0 Å². The second kappa shape index (κ2) is 7.74. The third kappa shape index (κ3) is 3.63. The molecule has 0 amide bonds. The second-order valence-corrected chi connectivity index (χ2v) is 8.16. The summed E-state index contributed by atoms with van der Waals surface area (Å²) in [6.45, 7) is 1.61. The van der Waals surface area contributed by atoms with Gasteiger partial charge in [0.1, 0.15) is 0 Å². The van der Waals surface area contributed by atoms with Gasteiger partial charge in [-0.1, -0.05) is 24.3 Å². The Morgan fingerprint density at radius 2 is 1.00 bits per heavy atom. The van der Waals surface area contributed by atoms with Gasteiger partial charge in [0.15, 0.2) is 0 Å². The number of fused-ring (bicyclic) bond motifs is 2. The summed E-state index contributed by atoms with van der Waals surface area (Å²) in [5.41, 5.74) is 18.0. The molecule has 5 rings (SSSR count). The third-order valence-electron chi connectivity index (χ3n) is 5.94. The highest BCUT2D eigenvalue weighted by Gasteiger charge is 2.08. The largest absolute Gasteiger partial charge is 0.343 e. The van der Waals surface area contributed by atoms with Gasteiger partial charge in [-0.2, -0.15) is 0 Å². The molecule has 32 heavy (non-hydrogen) atoms. The lowest BCUT2D eigenvalue weighted by Gasteiger charge is -2.09. The third-order valence-corrected chi connectivity index (χ3v) is 5.94. The van der Waals surface area contributed by atoms with Crippen molar-refractivity contribution in [2.75, 3.05) is 0 Å². The number of hydrogen-bond acceptors (Lipinski definition) is 0. The van der Waals surface area contributed by atoms with Gasteiger partial charge in [0, 0.05) is 47.3 Å². The average molecular weight is 423 g/mol. The van der Waals surface area contributed by atoms with E-state index in [2.05, 4.69) is 70.1 Å². The molecule has 6 heteroatoms. The molecule has 0 radical (unpaired) electrons. The van der Waals surface area contributed by atoms with Crippen LogP contribution in [0.1, 0.15) is 22.3 Å². The van der Waals surface area contributed by atoms with E-state index in [0.717, 1.165) is 46.0 Å². The first-order valence-electron chi connectivity index (χ1n) is 10.5. The lowest BCUT2D eigenvalue weighted by atomic mass is 10.1. The van der Waals surface area contributed by atoms with Crippen LogP contribution in [0.2, 0.25) is 0 Å². The monoisotopic (exact) mass is 422 g/mol. The maximum Gasteiger partial charge on any atom is 0.270 e. The maximum atomic E-state index is 5.72. The number of amidine groups is 2. The van der Waals surface area contributed by atoms with E-state index in [1.54, 1.807) is 0 Å². The zero-order valence-electron chi connectivity index (χ0n) is 17.7. The molecular weight excluding hydrogens is 396 g/mol. The van der Waals surface area contributed by atoms with Crippen molar-refractivity contribution in [2.45, 2.75) is 13.1 Å². The molecule has 2 heterocycles. The van der Waals surface area contributed by atoms with Crippen LogP contribution in [0.25, 0.3) is 21.8 Å². The Hall–Kier alpha value is -4.32. The summed E-state index contributed by atoms with van der Waals surface area (Å²) < 4.78 is 4.47. The van der Waals surface area contributed by atoms with Gasteiger partial charge in [0.05, 0.1) is 11.1 Å². The summed E-state index contributed by atoms with van der Waals surface area (Å²) in [5, 5.41) is 13.7. The minimum absolute atomic E-state index is 0.341. The molecule has 5 aromatic rings. The molecule has 0 saturated heterocycles. The molecule has 0 fully saturated rings. The first-order chi connectivity index (χ1) is 15.5. The highest BCUT2D eigenvalue weighted by molar-refractivity contribution is 5.97. The van der Waals surface area contributed by atoms with Gasteiger partial charge in [-0.15, -0.1) is 0 Å². The maximum absolute atomic E-state index is 5.72. The molecule has 8 N–H and O–H groups in total. The first kappa shape index (κ1) is 19.6. The summed E-state index contributed by atoms with van der Waals surface area (Å²) >= 11 is 0. The van der Waals surface area contributed by atoms with Gasteiger partial charge in [-0.3, -0.25) is 22.3 Å². The highest BCUT2D eigenvalue weighted by Crippen LogP contribution is 2.21. The lowest BCUT2D eigenvalue weighted by molar-refractivity contribution is -0.115. The molecule has 0 aliphatic rings. The van der Waals surface area contributed by atoms with Crippen LogP contribution in [-0.2, 0) is 13.1 Å². The molecule has 0 aliphatic heterocycles. The van der Waals surface area contributed by atoms with Crippen LogP contribution in [0.5, 0.6) is 0 Å². The fraction of sp³-hybridized carbons (Fsp3) is 0.0769. The van der Waals surface area contributed by atoms with Crippen molar-refractivity contribution in [1.29, 1.82) is 0 Å². The van der Waals surface area contributed by atoms with Crippen molar-refractivity contribution < 1.29 is 10.8 Å². The van der Waals surface area contributed by atoms with Gasteiger partial charge < -0.3 is 9.13 Å². The van der Waals surface area contributed by atoms with Crippen LogP contribution in [0.4, 0.5) is 0 Å². The number of aromatic nitrogens is 2. The predicted molar refractivity (Wildman–Crippen MR) is 129 cm³/mol. The highest BCUT2D eigenvalue weighted by atomic mass is 15.0. The lowest BCUT2D eigenvalue weighted by Crippen LogP contribution is -2.46. The summed E-state index contributed by atoms with van der Waals surface area (Å²) in [5.74, 6) is 0.681. The minimum atomic E-state index is 0.341. The molecule has 3 aromatic carbocycles. The smallest absolute Gasteiger partial charge is 0.270 e. The van der Waals surface area contributed by atoms with Crippen molar-refractivity contribution in [1.82, 2.24) is 9.13 Å². The zero-order valence-corrected chi connectivity index (χ0v) is 17.7. The summed E-state index contributed by atoms with van der Waals surface area (Å²) in [6, 6.07) is 25.0. The van der Waals surface area contributed by atoms with Gasteiger partial charge in [-0.25, -0.2) is 0 Å². The Morgan fingerprint density at radius 3 is 1.38 bits per heavy atom. The second-order valence-electron chi connectivity index (χ2n) is 8.16. The molecule has 2 aromatic heterocycles. The van der Waals surface area contributed by atoms with Crippen LogP contribution in [0.3, 0.4) is 0 Å².